The summed E-state index contributed by atoms with van der Waals surface area (Å²) in [6, 6.07) is 12.7. The van der Waals surface area contributed by atoms with Crippen LogP contribution in [0.2, 0.25) is 0 Å². The lowest BCUT2D eigenvalue weighted by molar-refractivity contribution is -0.137. The molecule has 1 atom stereocenters. The second kappa shape index (κ2) is 9.20. The van der Waals surface area contributed by atoms with Gasteiger partial charge in [-0.15, -0.1) is 12.4 Å². The zero-order valence-corrected chi connectivity index (χ0v) is 18.2. The molecule has 4 aromatic rings. The predicted molar refractivity (Wildman–Crippen MR) is 121 cm³/mol. The molecule has 0 amide bonds. The maximum Gasteiger partial charge on any atom is 0.416 e. The van der Waals surface area contributed by atoms with Crippen molar-refractivity contribution in [2.24, 2.45) is 0 Å². The number of aromatic amines is 1. The van der Waals surface area contributed by atoms with Gasteiger partial charge in [0, 0.05) is 23.0 Å². The van der Waals surface area contributed by atoms with E-state index in [9.17, 15) is 17.6 Å². The van der Waals surface area contributed by atoms with Crippen molar-refractivity contribution in [1.82, 2.24) is 9.97 Å². The summed E-state index contributed by atoms with van der Waals surface area (Å²) in [6.07, 6.45) is -2.25. The second-order valence-electron chi connectivity index (χ2n) is 7.60. The normalized spacial score (nSPS) is 12.4. The minimum atomic E-state index is -4.38. The van der Waals surface area contributed by atoms with Gasteiger partial charge in [0.25, 0.3) is 0 Å². The molecule has 0 saturated carbocycles. The molecular weight excluding hydrogens is 442 g/mol. The van der Waals surface area contributed by atoms with Gasteiger partial charge in [0.2, 0.25) is 0 Å². The fraction of sp³-hybridized carbons (Fsp3) is 0.208. The van der Waals surface area contributed by atoms with E-state index >= 15 is 0 Å². The summed E-state index contributed by atoms with van der Waals surface area (Å²) in [7, 11) is 0. The van der Waals surface area contributed by atoms with Crippen LogP contribution in [-0.4, -0.2) is 9.97 Å². The lowest BCUT2D eigenvalue weighted by atomic mass is 9.99. The molecular formula is C24H22ClF4N3. The number of H-pyrrole nitrogens is 1. The van der Waals surface area contributed by atoms with Gasteiger partial charge in [-0.05, 0) is 73.9 Å². The number of aryl methyl sites for hydroxylation is 2. The smallest absolute Gasteiger partial charge is 0.376 e. The number of pyridine rings is 1. The summed E-state index contributed by atoms with van der Waals surface area (Å²) in [5.41, 5.74) is 4.51. The molecule has 2 aromatic heterocycles. The highest BCUT2D eigenvalue weighted by Gasteiger charge is 2.30. The van der Waals surface area contributed by atoms with E-state index in [0.717, 1.165) is 45.6 Å². The lowest BCUT2D eigenvalue weighted by Crippen LogP contribution is -2.16. The zero-order chi connectivity index (χ0) is 22.2. The third-order valence-electron chi connectivity index (χ3n) is 5.50. The largest absolute Gasteiger partial charge is 0.416 e. The Balaban J connectivity index is 0.00000289. The third-order valence-corrected chi connectivity index (χ3v) is 5.50. The Hall–Kier alpha value is -3.06. The molecule has 8 heteroatoms. The van der Waals surface area contributed by atoms with E-state index in [1.165, 1.54) is 24.3 Å². The molecule has 0 aliphatic heterocycles. The molecule has 3 nitrogen and oxygen atoms in total. The average molecular weight is 464 g/mol. The maximum atomic E-state index is 13.3. The number of nitrogens with zero attached hydrogens (tertiary/aromatic N) is 1. The standard InChI is InChI=1S/C24H21F4N3.ClH/c1-14-15(2)30-22-20(14)11-12-29-23(22)21(31-19-9-7-18(25)8-10-19)13-16-3-5-17(6-4-16)24(26,27)28;/h3-12,21,30-31H,13H2,1-2H3;1H. The fourth-order valence-electron chi connectivity index (χ4n) is 3.70. The second-order valence-corrected chi connectivity index (χ2v) is 7.60. The van der Waals surface area contributed by atoms with E-state index in [1.54, 1.807) is 18.3 Å². The van der Waals surface area contributed by atoms with Crippen molar-refractivity contribution in [1.29, 1.82) is 0 Å². The molecule has 32 heavy (non-hydrogen) atoms. The van der Waals surface area contributed by atoms with Crippen molar-refractivity contribution in [3.63, 3.8) is 0 Å². The molecule has 0 aliphatic carbocycles. The Morgan fingerprint density at radius 3 is 2.25 bits per heavy atom. The molecule has 0 aliphatic rings. The van der Waals surface area contributed by atoms with Crippen LogP contribution >= 0.6 is 12.4 Å². The molecule has 168 valence electrons. The zero-order valence-electron chi connectivity index (χ0n) is 17.4. The first-order chi connectivity index (χ1) is 14.7. The number of alkyl halides is 3. The minimum absolute atomic E-state index is 0. The summed E-state index contributed by atoms with van der Waals surface area (Å²) in [5.74, 6) is -0.347. The van der Waals surface area contributed by atoms with E-state index in [-0.39, 0.29) is 24.3 Å². The number of halogens is 5. The quantitative estimate of drug-likeness (QED) is 0.308. The van der Waals surface area contributed by atoms with E-state index in [4.69, 9.17) is 0 Å². The Morgan fingerprint density at radius 2 is 1.62 bits per heavy atom. The first kappa shape index (κ1) is 23.6. The molecule has 0 spiro atoms. The van der Waals surface area contributed by atoms with Gasteiger partial charge in [-0.25, -0.2) is 4.39 Å². The number of hydrogen-bond acceptors (Lipinski definition) is 2. The summed E-state index contributed by atoms with van der Waals surface area (Å²) < 4.78 is 52.1. The van der Waals surface area contributed by atoms with Gasteiger partial charge in [-0.1, -0.05) is 12.1 Å². The van der Waals surface area contributed by atoms with E-state index in [2.05, 4.69) is 15.3 Å². The Labute approximate surface area is 189 Å². The van der Waals surface area contributed by atoms with Crippen molar-refractivity contribution in [2.45, 2.75) is 32.5 Å². The monoisotopic (exact) mass is 463 g/mol. The van der Waals surface area contributed by atoms with Gasteiger partial charge in [-0.3, -0.25) is 4.98 Å². The third kappa shape index (κ3) is 4.88. The molecule has 0 radical (unpaired) electrons. The molecule has 0 saturated heterocycles. The highest BCUT2D eigenvalue weighted by atomic mass is 35.5. The minimum Gasteiger partial charge on any atom is -0.376 e. The summed E-state index contributed by atoms with van der Waals surface area (Å²) in [6.45, 7) is 4.01. The van der Waals surface area contributed by atoms with Crippen LogP contribution in [0.3, 0.4) is 0 Å². The van der Waals surface area contributed by atoms with Gasteiger partial charge in [0.05, 0.1) is 22.8 Å². The number of benzene rings is 2. The Morgan fingerprint density at radius 1 is 0.969 bits per heavy atom. The molecule has 0 bridgehead atoms. The molecule has 1 unspecified atom stereocenters. The van der Waals surface area contributed by atoms with Crippen LogP contribution in [0.15, 0.2) is 60.8 Å². The molecule has 2 N–H and O–H groups in total. The molecule has 2 heterocycles. The van der Waals surface area contributed by atoms with Crippen LogP contribution in [0.4, 0.5) is 23.2 Å². The van der Waals surface area contributed by atoms with Crippen LogP contribution in [0, 0.1) is 19.7 Å². The number of aromatic nitrogens is 2. The highest BCUT2D eigenvalue weighted by Crippen LogP contribution is 2.32. The van der Waals surface area contributed by atoms with Crippen molar-refractivity contribution in [3.05, 3.63) is 94.7 Å². The number of hydrogen-bond donors (Lipinski definition) is 2. The van der Waals surface area contributed by atoms with E-state index in [0.29, 0.717) is 12.1 Å². The summed E-state index contributed by atoms with van der Waals surface area (Å²) in [4.78, 5) is 7.95. The average Bonchev–Trinajstić information content (AvgIpc) is 3.03. The molecule has 2 aromatic carbocycles. The van der Waals surface area contributed by atoms with Crippen LogP contribution in [0.25, 0.3) is 10.9 Å². The fourth-order valence-corrected chi connectivity index (χ4v) is 3.70. The lowest BCUT2D eigenvalue weighted by Gasteiger charge is -2.21. The Bertz CT molecular complexity index is 1200. The van der Waals surface area contributed by atoms with Gasteiger partial charge in [-0.2, -0.15) is 13.2 Å². The van der Waals surface area contributed by atoms with E-state index < -0.39 is 11.7 Å². The molecule has 4 rings (SSSR count). The van der Waals surface area contributed by atoms with Gasteiger partial charge < -0.3 is 10.3 Å². The van der Waals surface area contributed by atoms with Crippen molar-refractivity contribution in [3.8, 4) is 0 Å². The van der Waals surface area contributed by atoms with Gasteiger partial charge in [0.1, 0.15) is 5.82 Å². The van der Waals surface area contributed by atoms with Gasteiger partial charge >= 0.3 is 6.18 Å². The number of anilines is 1. The number of rotatable bonds is 5. The first-order valence-electron chi connectivity index (χ1n) is 9.84. The number of nitrogens with one attached hydrogen (secondary N) is 2. The topological polar surface area (TPSA) is 40.7 Å². The van der Waals surface area contributed by atoms with E-state index in [1.807, 2.05) is 19.9 Å². The predicted octanol–water partition coefficient (Wildman–Crippen LogP) is 7.16. The van der Waals surface area contributed by atoms with Crippen molar-refractivity contribution < 1.29 is 17.6 Å². The van der Waals surface area contributed by atoms with Crippen molar-refractivity contribution >= 4 is 29.0 Å². The SMILES string of the molecule is Cc1[nH]c2c(C(Cc3ccc(C(F)(F)F)cc3)Nc3ccc(F)cc3)nccc2c1C.Cl. The highest BCUT2D eigenvalue weighted by molar-refractivity contribution is 5.86. The van der Waals surface area contributed by atoms with Crippen LogP contribution < -0.4 is 5.32 Å². The summed E-state index contributed by atoms with van der Waals surface area (Å²) >= 11 is 0. The first-order valence-corrected chi connectivity index (χ1v) is 9.84. The van der Waals surface area contributed by atoms with Crippen molar-refractivity contribution in [2.75, 3.05) is 5.32 Å². The number of fused-ring (bicyclic) bond motifs is 1. The van der Waals surface area contributed by atoms with Crippen LogP contribution in [0.1, 0.15) is 34.1 Å². The maximum absolute atomic E-state index is 13.3. The molecule has 0 fully saturated rings. The van der Waals surface area contributed by atoms with Crippen LogP contribution in [-0.2, 0) is 12.6 Å². The summed E-state index contributed by atoms with van der Waals surface area (Å²) in [5, 5.41) is 4.41. The van der Waals surface area contributed by atoms with Crippen LogP contribution in [0.5, 0.6) is 0 Å². The van der Waals surface area contributed by atoms with Gasteiger partial charge in [0.15, 0.2) is 0 Å². The Kier molecular flexibility index (Phi) is 6.79.